The van der Waals surface area contributed by atoms with Crippen molar-refractivity contribution in [1.29, 1.82) is 0 Å². The van der Waals surface area contributed by atoms with Crippen LogP contribution in [-0.4, -0.2) is 64.4 Å². The number of hydrazone groups is 1. The van der Waals surface area contributed by atoms with Crippen molar-refractivity contribution in [2.24, 2.45) is 5.10 Å². The Morgan fingerprint density at radius 1 is 1.19 bits per heavy atom. The van der Waals surface area contributed by atoms with E-state index in [9.17, 15) is 0 Å². The molecule has 0 bridgehead atoms. The van der Waals surface area contributed by atoms with E-state index in [4.69, 9.17) is 9.47 Å². The largest absolute Gasteiger partial charge is 0.497 e. The topological polar surface area (TPSA) is 103 Å². The van der Waals surface area contributed by atoms with Crippen LogP contribution in [-0.2, 0) is 4.74 Å². The third kappa shape index (κ3) is 4.05. The number of anilines is 2. The number of hydrogen-bond acceptors (Lipinski definition) is 10. The lowest BCUT2D eigenvalue weighted by Gasteiger charge is -2.25. The van der Waals surface area contributed by atoms with Crippen molar-refractivity contribution in [1.82, 2.24) is 24.7 Å². The van der Waals surface area contributed by atoms with E-state index in [1.807, 2.05) is 30.5 Å². The summed E-state index contributed by atoms with van der Waals surface area (Å²) in [6, 6.07) is 7.64. The van der Waals surface area contributed by atoms with Crippen molar-refractivity contribution in [3.8, 4) is 11.4 Å². The number of hydrogen-bond donors (Lipinski definition) is 1. The van der Waals surface area contributed by atoms with Gasteiger partial charge in [0.25, 0.3) is 0 Å². The Labute approximate surface area is 182 Å². The Hall–Kier alpha value is -3.57. The SMILES string of the molecule is COc1cccc(-n2ncc3c(NN=Cc4cnc(N5CCOCC5)s4)ncnc32)c1. The number of rotatable bonds is 6. The van der Waals surface area contributed by atoms with Crippen LogP contribution in [0.1, 0.15) is 4.88 Å². The average Bonchev–Trinajstić information content (AvgIpc) is 3.48. The molecule has 1 N–H and O–H groups in total. The Bertz CT molecular complexity index is 1210. The minimum atomic E-state index is 0.577. The van der Waals surface area contributed by atoms with E-state index < -0.39 is 0 Å². The van der Waals surface area contributed by atoms with E-state index in [-0.39, 0.29) is 0 Å². The van der Waals surface area contributed by atoms with Crippen LogP contribution in [0, 0.1) is 0 Å². The summed E-state index contributed by atoms with van der Waals surface area (Å²) in [6.07, 6.45) is 6.76. The molecule has 0 amide bonds. The molecule has 1 aliphatic heterocycles. The van der Waals surface area contributed by atoms with Gasteiger partial charge in [0, 0.05) is 25.4 Å². The number of fused-ring (bicyclic) bond motifs is 1. The van der Waals surface area contributed by atoms with Gasteiger partial charge in [0.15, 0.2) is 16.6 Å². The highest BCUT2D eigenvalue weighted by Gasteiger charge is 2.14. The third-order valence-electron chi connectivity index (χ3n) is 4.82. The van der Waals surface area contributed by atoms with Gasteiger partial charge in [-0.05, 0) is 12.1 Å². The summed E-state index contributed by atoms with van der Waals surface area (Å²) in [5.41, 5.74) is 4.52. The first-order valence-corrected chi connectivity index (χ1v) is 10.5. The van der Waals surface area contributed by atoms with Gasteiger partial charge >= 0.3 is 0 Å². The zero-order valence-corrected chi connectivity index (χ0v) is 17.6. The molecule has 1 aliphatic rings. The first-order chi connectivity index (χ1) is 15.3. The van der Waals surface area contributed by atoms with Crippen LogP contribution >= 0.6 is 11.3 Å². The quantitative estimate of drug-likeness (QED) is 0.363. The molecule has 1 aromatic carbocycles. The fourth-order valence-electron chi connectivity index (χ4n) is 3.26. The van der Waals surface area contributed by atoms with Gasteiger partial charge in [0.1, 0.15) is 12.1 Å². The molecule has 31 heavy (non-hydrogen) atoms. The minimum absolute atomic E-state index is 0.577. The molecule has 158 valence electrons. The average molecular weight is 437 g/mol. The maximum Gasteiger partial charge on any atom is 0.186 e. The van der Waals surface area contributed by atoms with Gasteiger partial charge < -0.3 is 14.4 Å². The first-order valence-electron chi connectivity index (χ1n) is 9.72. The van der Waals surface area contributed by atoms with Crippen LogP contribution in [0.3, 0.4) is 0 Å². The molecule has 1 fully saturated rings. The molecule has 0 unspecified atom stereocenters. The second-order valence-electron chi connectivity index (χ2n) is 6.73. The fraction of sp³-hybridized carbons (Fsp3) is 0.250. The highest BCUT2D eigenvalue weighted by atomic mass is 32.1. The second-order valence-corrected chi connectivity index (χ2v) is 7.77. The first kappa shape index (κ1) is 19.4. The molecule has 4 aromatic rings. The van der Waals surface area contributed by atoms with Crippen LogP contribution in [0.5, 0.6) is 5.75 Å². The maximum absolute atomic E-state index is 5.39. The van der Waals surface area contributed by atoms with Crippen molar-refractivity contribution >= 4 is 39.5 Å². The van der Waals surface area contributed by atoms with Crippen LogP contribution in [0.25, 0.3) is 16.7 Å². The molecule has 0 aliphatic carbocycles. The Morgan fingerprint density at radius 2 is 2.10 bits per heavy atom. The molecule has 0 saturated carbocycles. The summed E-state index contributed by atoms with van der Waals surface area (Å²) >= 11 is 1.59. The lowest BCUT2D eigenvalue weighted by molar-refractivity contribution is 0.122. The van der Waals surface area contributed by atoms with Gasteiger partial charge in [-0.25, -0.2) is 19.6 Å². The summed E-state index contributed by atoms with van der Waals surface area (Å²) in [5, 5.41) is 10.5. The van der Waals surface area contributed by atoms with Crippen molar-refractivity contribution in [2.75, 3.05) is 43.7 Å². The fourth-order valence-corrected chi connectivity index (χ4v) is 4.10. The van der Waals surface area contributed by atoms with Crippen LogP contribution in [0.2, 0.25) is 0 Å². The van der Waals surface area contributed by atoms with Crippen molar-refractivity contribution in [3.63, 3.8) is 0 Å². The number of aromatic nitrogens is 5. The summed E-state index contributed by atoms with van der Waals surface area (Å²) in [6.45, 7) is 3.19. The monoisotopic (exact) mass is 436 g/mol. The zero-order valence-electron chi connectivity index (χ0n) is 16.8. The smallest absolute Gasteiger partial charge is 0.186 e. The maximum atomic E-state index is 5.39. The highest BCUT2D eigenvalue weighted by molar-refractivity contribution is 7.17. The lowest BCUT2D eigenvalue weighted by Crippen LogP contribution is -2.36. The molecular weight excluding hydrogens is 416 g/mol. The van der Waals surface area contributed by atoms with E-state index in [2.05, 4.69) is 35.5 Å². The summed E-state index contributed by atoms with van der Waals surface area (Å²) in [4.78, 5) is 16.4. The number of nitrogens with one attached hydrogen (secondary N) is 1. The molecule has 3 aromatic heterocycles. The number of benzene rings is 1. The number of thiazole rings is 1. The molecule has 10 nitrogen and oxygen atoms in total. The third-order valence-corrected chi connectivity index (χ3v) is 5.81. The number of morpholine rings is 1. The van der Waals surface area contributed by atoms with Gasteiger partial charge in [0.2, 0.25) is 0 Å². The van der Waals surface area contributed by atoms with Gasteiger partial charge in [-0.3, -0.25) is 5.43 Å². The van der Waals surface area contributed by atoms with Crippen molar-refractivity contribution in [2.45, 2.75) is 0 Å². The van der Waals surface area contributed by atoms with Crippen molar-refractivity contribution in [3.05, 3.63) is 47.9 Å². The Kier molecular flexibility index (Phi) is 5.42. The van der Waals surface area contributed by atoms with Gasteiger partial charge in [-0.1, -0.05) is 17.4 Å². The van der Waals surface area contributed by atoms with E-state index in [1.54, 1.807) is 35.5 Å². The lowest BCUT2D eigenvalue weighted by atomic mass is 10.3. The van der Waals surface area contributed by atoms with Crippen LogP contribution in [0.4, 0.5) is 10.9 Å². The predicted molar refractivity (Wildman–Crippen MR) is 120 cm³/mol. The van der Waals surface area contributed by atoms with Crippen LogP contribution < -0.4 is 15.1 Å². The van der Waals surface area contributed by atoms with E-state index in [0.29, 0.717) is 11.5 Å². The zero-order chi connectivity index (χ0) is 21.0. The number of nitrogens with zero attached hydrogens (tertiary/aromatic N) is 7. The van der Waals surface area contributed by atoms with E-state index >= 15 is 0 Å². The molecule has 11 heteroatoms. The van der Waals surface area contributed by atoms with Gasteiger partial charge in [-0.15, -0.1) is 0 Å². The summed E-state index contributed by atoms with van der Waals surface area (Å²) < 4.78 is 12.4. The minimum Gasteiger partial charge on any atom is -0.497 e. The van der Waals surface area contributed by atoms with Crippen LogP contribution in [0.15, 0.2) is 48.1 Å². The molecule has 0 spiro atoms. The molecule has 1 saturated heterocycles. The molecular formula is C20H20N8O2S. The number of methoxy groups -OCH3 is 1. The number of ether oxygens (including phenoxy) is 2. The molecule has 0 radical (unpaired) electrons. The normalized spacial score (nSPS) is 14.4. The molecule has 4 heterocycles. The Morgan fingerprint density at radius 3 is 2.97 bits per heavy atom. The predicted octanol–water partition coefficient (Wildman–Crippen LogP) is 2.56. The van der Waals surface area contributed by atoms with Crippen molar-refractivity contribution < 1.29 is 9.47 Å². The molecule has 5 rings (SSSR count). The Balaban J connectivity index is 1.34. The van der Waals surface area contributed by atoms with Gasteiger partial charge in [0.05, 0.1) is 48.7 Å². The summed E-state index contributed by atoms with van der Waals surface area (Å²) in [7, 11) is 1.63. The van der Waals surface area contributed by atoms with E-state index in [1.165, 1.54) is 6.33 Å². The summed E-state index contributed by atoms with van der Waals surface area (Å²) in [5.74, 6) is 1.33. The highest BCUT2D eigenvalue weighted by Crippen LogP contribution is 2.24. The van der Waals surface area contributed by atoms with E-state index in [0.717, 1.165) is 53.1 Å². The second kappa shape index (κ2) is 8.66. The standard InChI is InChI=1S/C20H20N8O2S/c1-29-15-4-2-3-14(9-15)28-19-17(12-25-28)18(22-13-23-19)26-24-11-16-10-21-20(31-16)27-5-7-30-8-6-27/h2-4,9-13H,5-8H2,1H3,(H,22,23,26). The molecule has 0 atom stereocenters. The van der Waals surface area contributed by atoms with Gasteiger partial charge in [-0.2, -0.15) is 10.2 Å².